The molecule has 0 heterocycles. The second-order valence-corrected chi connectivity index (χ2v) is 3.68. The van der Waals surface area contributed by atoms with Crippen LogP contribution in [0.4, 0.5) is 0 Å². The molecule has 0 aliphatic heterocycles. The highest BCUT2D eigenvalue weighted by molar-refractivity contribution is 5.81. The molecule has 4 nitrogen and oxygen atoms in total. The molecule has 0 aromatic heterocycles. The quantitative estimate of drug-likeness (QED) is 0.646. The topological polar surface area (TPSA) is 57.6 Å². The fourth-order valence-electron chi connectivity index (χ4n) is 1.40. The average molecular weight is 185 g/mol. The Morgan fingerprint density at radius 2 is 2.23 bits per heavy atom. The van der Waals surface area contributed by atoms with E-state index >= 15 is 0 Å². The second-order valence-electron chi connectivity index (χ2n) is 3.68. The highest BCUT2D eigenvalue weighted by Crippen LogP contribution is 2.33. The summed E-state index contributed by atoms with van der Waals surface area (Å²) in [4.78, 5) is 23.2. The summed E-state index contributed by atoms with van der Waals surface area (Å²) in [5.74, 6) is -0.922. The summed E-state index contributed by atoms with van der Waals surface area (Å²) in [5.41, 5.74) is -1.02. The van der Waals surface area contributed by atoms with Crippen LogP contribution in [0.15, 0.2) is 0 Å². The van der Waals surface area contributed by atoms with Gasteiger partial charge in [-0.2, -0.15) is 0 Å². The maximum atomic E-state index is 11.0. The molecule has 1 amide bonds. The predicted molar refractivity (Wildman–Crippen MR) is 47.3 cm³/mol. The fourth-order valence-corrected chi connectivity index (χ4v) is 1.40. The van der Waals surface area contributed by atoms with E-state index in [1.165, 1.54) is 4.90 Å². The lowest BCUT2D eigenvalue weighted by Crippen LogP contribution is -2.52. The Morgan fingerprint density at radius 1 is 1.69 bits per heavy atom. The molecular weight excluding hydrogens is 170 g/mol. The zero-order chi connectivity index (χ0) is 10.1. The average Bonchev–Trinajstić information content (AvgIpc) is 2.89. The van der Waals surface area contributed by atoms with E-state index in [2.05, 4.69) is 0 Å². The van der Waals surface area contributed by atoms with Gasteiger partial charge in [0.05, 0.1) is 0 Å². The van der Waals surface area contributed by atoms with Crippen molar-refractivity contribution in [2.24, 2.45) is 0 Å². The van der Waals surface area contributed by atoms with Gasteiger partial charge >= 0.3 is 5.97 Å². The Kier molecular flexibility index (Phi) is 2.59. The van der Waals surface area contributed by atoms with Crippen molar-refractivity contribution in [1.29, 1.82) is 0 Å². The highest BCUT2D eigenvalue weighted by atomic mass is 16.4. The van der Waals surface area contributed by atoms with E-state index in [1.807, 2.05) is 0 Å². The van der Waals surface area contributed by atoms with Crippen LogP contribution in [-0.2, 0) is 9.59 Å². The number of hydrogen-bond acceptors (Lipinski definition) is 2. The zero-order valence-corrected chi connectivity index (χ0v) is 7.99. The Balaban J connectivity index is 2.83. The minimum absolute atomic E-state index is 0.151. The second kappa shape index (κ2) is 3.36. The molecule has 1 rings (SSSR count). The van der Waals surface area contributed by atoms with Gasteiger partial charge < -0.3 is 10.0 Å². The number of hydrogen-bond donors (Lipinski definition) is 1. The largest absolute Gasteiger partial charge is 0.480 e. The first kappa shape index (κ1) is 10.0. The van der Waals surface area contributed by atoms with Crippen molar-refractivity contribution in [2.45, 2.75) is 44.7 Å². The molecule has 0 radical (unpaired) electrons. The van der Waals surface area contributed by atoms with Gasteiger partial charge in [-0.15, -0.1) is 0 Å². The van der Waals surface area contributed by atoms with Crippen LogP contribution in [0, 0.1) is 0 Å². The van der Waals surface area contributed by atoms with E-state index in [0.717, 1.165) is 12.8 Å². The summed E-state index contributed by atoms with van der Waals surface area (Å²) in [7, 11) is 0. The van der Waals surface area contributed by atoms with E-state index in [1.54, 1.807) is 13.8 Å². The van der Waals surface area contributed by atoms with Crippen molar-refractivity contribution in [1.82, 2.24) is 4.90 Å². The van der Waals surface area contributed by atoms with Gasteiger partial charge in [-0.3, -0.25) is 4.79 Å². The molecule has 1 atom stereocenters. The van der Waals surface area contributed by atoms with Gasteiger partial charge in [-0.1, -0.05) is 6.92 Å². The molecule has 0 saturated heterocycles. The molecule has 74 valence electrons. The summed E-state index contributed by atoms with van der Waals surface area (Å²) in [5, 5.41) is 9.01. The Hall–Kier alpha value is -1.06. The molecular formula is C9H15NO3. The number of aliphatic carboxylic acids is 1. The van der Waals surface area contributed by atoms with Crippen molar-refractivity contribution in [3.8, 4) is 0 Å². The number of carboxylic acid groups (broad SMARTS) is 1. The first-order chi connectivity index (χ1) is 6.06. The summed E-state index contributed by atoms with van der Waals surface area (Å²) in [6.07, 6.45) is 2.97. The smallest absolute Gasteiger partial charge is 0.329 e. The summed E-state index contributed by atoms with van der Waals surface area (Å²) < 4.78 is 0. The van der Waals surface area contributed by atoms with Gasteiger partial charge in [0, 0.05) is 6.04 Å². The minimum Gasteiger partial charge on any atom is -0.480 e. The number of carboxylic acids is 1. The summed E-state index contributed by atoms with van der Waals surface area (Å²) in [6.45, 7) is 3.38. The van der Waals surface area contributed by atoms with Crippen molar-refractivity contribution < 1.29 is 14.7 Å². The van der Waals surface area contributed by atoms with Gasteiger partial charge in [0.2, 0.25) is 6.41 Å². The van der Waals surface area contributed by atoms with Crippen molar-refractivity contribution in [2.75, 3.05) is 0 Å². The van der Waals surface area contributed by atoms with E-state index in [4.69, 9.17) is 5.11 Å². The lowest BCUT2D eigenvalue weighted by atomic mass is 9.97. The van der Waals surface area contributed by atoms with Gasteiger partial charge in [-0.05, 0) is 26.2 Å². The third-order valence-corrected chi connectivity index (χ3v) is 2.77. The molecule has 1 aliphatic carbocycles. The van der Waals surface area contributed by atoms with E-state index in [-0.39, 0.29) is 6.04 Å². The van der Waals surface area contributed by atoms with Gasteiger partial charge in [0.1, 0.15) is 5.54 Å². The van der Waals surface area contributed by atoms with E-state index in [0.29, 0.717) is 12.8 Å². The zero-order valence-electron chi connectivity index (χ0n) is 7.99. The molecule has 1 saturated carbocycles. The third-order valence-electron chi connectivity index (χ3n) is 2.77. The molecule has 0 spiro atoms. The number of carbonyl (C=O) groups excluding carboxylic acids is 1. The number of rotatable bonds is 5. The third kappa shape index (κ3) is 1.66. The van der Waals surface area contributed by atoms with Gasteiger partial charge in [-0.25, -0.2) is 4.79 Å². The standard InChI is InChI=1S/C9H15NO3/c1-3-9(2,8(12)13)10(6-11)7-4-5-7/h6-7H,3-5H2,1-2H3,(H,12,13). The van der Waals surface area contributed by atoms with Crippen LogP contribution in [0.5, 0.6) is 0 Å². The number of nitrogens with zero attached hydrogens (tertiary/aromatic N) is 1. The molecule has 13 heavy (non-hydrogen) atoms. The number of amides is 1. The first-order valence-corrected chi connectivity index (χ1v) is 4.53. The van der Waals surface area contributed by atoms with E-state index in [9.17, 15) is 9.59 Å². The first-order valence-electron chi connectivity index (χ1n) is 4.53. The Morgan fingerprint density at radius 3 is 2.46 bits per heavy atom. The monoisotopic (exact) mass is 185 g/mol. The molecule has 0 aromatic carbocycles. The summed E-state index contributed by atoms with van der Waals surface area (Å²) in [6, 6.07) is 0.151. The van der Waals surface area contributed by atoms with Crippen LogP contribution in [0.3, 0.4) is 0 Å². The molecule has 4 heteroatoms. The fraction of sp³-hybridized carbons (Fsp3) is 0.778. The Bertz CT molecular complexity index is 225. The normalized spacial score (nSPS) is 20.5. The highest BCUT2D eigenvalue weighted by Gasteiger charge is 2.44. The summed E-state index contributed by atoms with van der Waals surface area (Å²) >= 11 is 0. The molecule has 0 bridgehead atoms. The van der Waals surface area contributed by atoms with Gasteiger partial charge in [0.25, 0.3) is 0 Å². The van der Waals surface area contributed by atoms with Crippen molar-refractivity contribution in [3.63, 3.8) is 0 Å². The maximum Gasteiger partial charge on any atom is 0.329 e. The van der Waals surface area contributed by atoms with Crippen LogP contribution in [0.1, 0.15) is 33.1 Å². The van der Waals surface area contributed by atoms with Crippen LogP contribution < -0.4 is 0 Å². The lowest BCUT2D eigenvalue weighted by Gasteiger charge is -2.34. The van der Waals surface area contributed by atoms with Crippen LogP contribution in [-0.4, -0.2) is 34.0 Å². The number of carbonyl (C=O) groups is 2. The van der Waals surface area contributed by atoms with Crippen LogP contribution in [0.2, 0.25) is 0 Å². The van der Waals surface area contributed by atoms with E-state index < -0.39 is 11.5 Å². The molecule has 1 fully saturated rings. The Labute approximate surface area is 77.5 Å². The lowest BCUT2D eigenvalue weighted by molar-refractivity contribution is -0.154. The van der Waals surface area contributed by atoms with Crippen LogP contribution in [0.25, 0.3) is 0 Å². The molecule has 0 aromatic rings. The molecule has 1 unspecified atom stereocenters. The van der Waals surface area contributed by atoms with Crippen LogP contribution >= 0.6 is 0 Å². The predicted octanol–water partition coefficient (Wildman–Crippen LogP) is 0.861. The van der Waals surface area contributed by atoms with Crippen molar-refractivity contribution >= 4 is 12.4 Å². The minimum atomic E-state index is -1.02. The van der Waals surface area contributed by atoms with Gasteiger partial charge in [0.15, 0.2) is 0 Å². The molecule has 1 N–H and O–H groups in total. The SMILES string of the molecule is CCC(C)(C(=O)O)N(C=O)C1CC1. The molecule has 1 aliphatic rings. The maximum absolute atomic E-state index is 11.0. The van der Waals surface area contributed by atoms with Crippen molar-refractivity contribution in [3.05, 3.63) is 0 Å².